The standard InChI is InChI=1S/C17H26N2O4S/c1-13(2)23-10-6-9-18-17(20)16-11-14-7-4-5-8-15(14)12-19(16)24(3,21)22/h4-5,7-8,13,16H,6,9-12H2,1-3H3,(H,18,20). The minimum Gasteiger partial charge on any atom is -0.379 e. The molecule has 1 unspecified atom stereocenters. The lowest BCUT2D eigenvalue weighted by molar-refractivity contribution is -0.125. The third-order valence-electron chi connectivity index (χ3n) is 4.01. The second-order valence-electron chi connectivity index (χ2n) is 6.36. The molecule has 0 aliphatic carbocycles. The monoisotopic (exact) mass is 354 g/mol. The van der Waals surface area contributed by atoms with E-state index in [-0.39, 0.29) is 18.6 Å². The first kappa shape index (κ1) is 18.9. The average Bonchev–Trinajstić information content (AvgIpc) is 2.52. The van der Waals surface area contributed by atoms with Gasteiger partial charge in [-0.1, -0.05) is 24.3 Å². The van der Waals surface area contributed by atoms with Gasteiger partial charge in [0.25, 0.3) is 0 Å². The predicted octanol–water partition coefficient (Wildman–Crippen LogP) is 1.30. The van der Waals surface area contributed by atoms with E-state index in [4.69, 9.17) is 4.74 Å². The van der Waals surface area contributed by atoms with Crippen molar-refractivity contribution in [3.63, 3.8) is 0 Å². The second kappa shape index (κ2) is 8.09. The van der Waals surface area contributed by atoms with E-state index in [1.54, 1.807) is 0 Å². The third-order valence-corrected chi connectivity index (χ3v) is 5.24. The molecule has 7 heteroatoms. The molecule has 0 saturated heterocycles. The van der Waals surface area contributed by atoms with Crippen molar-refractivity contribution in [1.29, 1.82) is 0 Å². The second-order valence-corrected chi connectivity index (χ2v) is 8.30. The van der Waals surface area contributed by atoms with E-state index in [1.807, 2.05) is 38.1 Å². The quantitative estimate of drug-likeness (QED) is 0.749. The number of carbonyl (C=O) groups excluding carboxylic acids is 1. The molecular weight excluding hydrogens is 328 g/mol. The van der Waals surface area contributed by atoms with E-state index in [0.717, 1.165) is 17.4 Å². The van der Waals surface area contributed by atoms with Gasteiger partial charge < -0.3 is 10.1 Å². The first-order valence-electron chi connectivity index (χ1n) is 8.22. The summed E-state index contributed by atoms with van der Waals surface area (Å²) in [5.74, 6) is -0.250. The molecule has 1 N–H and O–H groups in total. The van der Waals surface area contributed by atoms with Crippen molar-refractivity contribution in [2.24, 2.45) is 0 Å². The van der Waals surface area contributed by atoms with Crippen LogP contribution in [0.25, 0.3) is 0 Å². The van der Waals surface area contributed by atoms with Crippen molar-refractivity contribution in [3.05, 3.63) is 35.4 Å². The van der Waals surface area contributed by atoms with Crippen LogP contribution in [0.4, 0.5) is 0 Å². The van der Waals surface area contributed by atoms with Gasteiger partial charge in [-0.15, -0.1) is 0 Å². The topological polar surface area (TPSA) is 75.7 Å². The summed E-state index contributed by atoms with van der Waals surface area (Å²) in [7, 11) is -3.46. The summed E-state index contributed by atoms with van der Waals surface area (Å²) in [6.07, 6.45) is 2.41. The Balaban J connectivity index is 2.02. The molecule has 2 rings (SSSR count). The molecule has 0 radical (unpaired) electrons. The van der Waals surface area contributed by atoms with Crippen molar-refractivity contribution in [1.82, 2.24) is 9.62 Å². The zero-order valence-electron chi connectivity index (χ0n) is 14.5. The molecule has 0 saturated carbocycles. The van der Waals surface area contributed by atoms with Crippen LogP contribution < -0.4 is 5.32 Å². The van der Waals surface area contributed by atoms with Crippen molar-refractivity contribution in [2.45, 2.75) is 45.4 Å². The van der Waals surface area contributed by atoms with Crippen molar-refractivity contribution in [2.75, 3.05) is 19.4 Å². The van der Waals surface area contributed by atoms with Gasteiger partial charge in [-0.3, -0.25) is 4.79 Å². The molecule has 1 heterocycles. The minimum absolute atomic E-state index is 0.163. The van der Waals surface area contributed by atoms with Crippen LogP contribution in [-0.4, -0.2) is 50.2 Å². The van der Waals surface area contributed by atoms with E-state index >= 15 is 0 Å². The molecule has 0 bridgehead atoms. The summed E-state index contributed by atoms with van der Waals surface area (Å²) in [6, 6.07) is 6.96. The fraction of sp³-hybridized carbons (Fsp3) is 0.588. The Morgan fingerprint density at radius 3 is 2.62 bits per heavy atom. The molecule has 0 fully saturated rings. The first-order valence-corrected chi connectivity index (χ1v) is 10.1. The van der Waals surface area contributed by atoms with Crippen LogP contribution in [0.2, 0.25) is 0 Å². The van der Waals surface area contributed by atoms with Gasteiger partial charge in [-0.05, 0) is 37.8 Å². The number of rotatable bonds is 7. The van der Waals surface area contributed by atoms with Crippen LogP contribution in [0.3, 0.4) is 0 Å². The Hall–Kier alpha value is -1.44. The molecule has 1 atom stereocenters. The highest BCUT2D eigenvalue weighted by atomic mass is 32.2. The molecule has 1 aromatic rings. The van der Waals surface area contributed by atoms with Gasteiger partial charge in [0.15, 0.2) is 0 Å². The lowest BCUT2D eigenvalue weighted by Crippen LogP contribution is -2.52. The normalized spacial score (nSPS) is 18.4. The Morgan fingerprint density at radius 2 is 2.00 bits per heavy atom. The fourth-order valence-corrected chi connectivity index (χ4v) is 3.80. The van der Waals surface area contributed by atoms with Crippen molar-refractivity contribution < 1.29 is 17.9 Å². The number of benzene rings is 1. The van der Waals surface area contributed by atoms with Gasteiger partial charge >= 0.3 is 0 Å². The zero-order chi connectivity index (χ0) is 17.7. The average molecular weight is 354 g/mol. The number of sulfonamides is 1. The molecule has 1 aromatic carbocycles. The van der Waals surface area contributed by atoms with Gasteiger partial charge in [-0.2, -0.15) is 4.31 Å². The summed E-state index contributed by atoms with van der Waals surface area (Å²) in [4.78, 5) is 12.5. The number of nitrogens with one attached hydrogen (secondary N) is 1. The lowest BCUT2D eigenvalue weighted by Gasteiger charge is -2.34. The number of carbonyl (C=O) groups is 1. The first-order chi connectivity index (χ1) is 11.3. The van der Waals surface area contributed by atoms with Crippen LogP contribution >= 0.6 is 0 Å². The molecule has 0 spiro atoms. The highest BCUT2D eigenvalue weighted by molar-refractivity contribution is 7.88. The van der Waals surface area contributed by atoms with Crippen molar-refractivity contribution >= 4 is 15.9 Å². The Bertz CT molecular complexity index is 673. The van der Waals surface area contributed by atoms with E-state index < -0.39 is 16.1 Å². The van der Waals surface area contributed by atoms with Gasteiger partial charge in [0, 0.05) is 19.7 Å². The van der Waals surface area contributed by atoms with Crippen LogP contribution in [0.5, 0.6) is 0 Å². The Morgan fingerprint density at radius 1 is 1.33 bits per heavy atom. The maximum atomic E-state index is 12.5. The minimum atomic E-state index is -3.46. The number of amides is 1. The molecule has 134 valence electrons. The third kappa shape index (κ3) is 5.03. The van der Waals surface area contributed by atoms with Gasteiger partial charge in [0.1, 0.15) is 6.04 Å². The number of hydrogen-bond donors (Lipinski definition) is 1. The SMILES string of the molecule is CC(C)OCCCNC(=O)C1Cc2ccccc2CN1S(C)(=O)=O. The molecule has 6 nitrogen and oxygen atoms in total. The van der Waals surface area contributed by atoms with E-state index in [9.17, 15) is 13.2 Å². The van der Waals surface area contributed by atoms with Crippen molar-refractivity contribution in [3.8, 4) is 0 Å². The maximum absolute atomic E-state index is 12.5. The molecule has 0 aromatic heterocycles. The lowest BCUT2D eigenvalue weighted by atomic mass is 9.95. The smallest absolute Gasteiger partial charge is 0.238 e. The van der Waals surface area contributed by atoms with Crippen LogP contribution in [-0.2, 0) is 32.5 Å². The highest BCUT2D eigenvalue weighted by Crippen LogP contribution is 2.25. The molecular formula is C17H26N2O4S. The van der Waals surface area contributed by atoms with E-state index in [2.05, 4.69) is 5.32 Å². The Kier molecular flexibility index (Phi) is 6.37. The molecule has 1 aliphatic heterocycles. The fourth-order valence-electron chi connectivity index (χ4n) is 2.79. The largest absolute Gasteiger partial charge is 0.379 e. The summed E-state index contributed by atoms with van der Waals surface area (Å²) in [5, 5.41) is 2.83. The predicted molar refractivity (Wildman–Crippen MR) is 93.0 cm³/mol. The van der Waals surface area contributed by atoms with Gasteiger partial charge in [-0.25, -0.2) is 8.42 Å². The molecule has 1 aliphatic rings. The molecule has 24 heavy (non-hydrogen) atoms. The maximum Gasteiger partial charge on any atom is 0.238 e. The van der Waals surface area contributed by atoms with Gasteiger partial charge in [0.2, 0.25) is 15.9 Å². The van der Waals surface area contributed by atoms with Crippen LogP contribution in [0.15, 0.2) is 24.3 Å². The summed E-state index contributed by atoms with van der Waals surface area (Å²) >= 11 is 0. The Labute approximate surface area is 144 Å². The highest BCUT2D eigenvalue weighted by Gasteiger charge is 2.36. The van der Waals surface area contributed by atoms with E-state index in [1.165, 1.54) is 4.31 Å². The number of fused-ring (bicyclic) bond motifs is 1. The zero-order valence-corrected chi connectivity index (χ0v) is 15.3. The number of nitrogens with zero attached hydrogens (tertiary/aromatic N) is 1. The summed E-state index contributed by atoms with van der Waals surface area (Å²) in [5.41, 5.74) is 1.98. The van der Waals surface area contributed by atoms with Gasteiger partial charge in [0.05, 0.1) is 12.4 Å². The molecule has 1 amide bonds. The van der Waals surface area contributed by atoms with Crippen LogP contribution in [0, 0.1) is 0 Å². The van der Waals surface area contributed by atoms with E-state index in [0.29, 0.717) is 26.0 Å². The van der Waals surface area contributed by atoms with Crippen LogP contribution in [0.1, 0.15) is 31.4 Å². The number of hydrogen-bond acceptors (Lipinski definition) is 4. The summed E-state index contributed by atoms with van der Waals surface area (Å²) in [6.45, 7) is 5.20. The number of ether oxygens (including phenoxy) is 1. The summed E-state index contributed by atoms with van der Waals surface area (Å²) < 4.78 is 30.9.